The van der Waals surface area contributed by atoms with Crippen LogP contribution in [0.3, 0.4) is 0 Å². The molecule has 3 nitrogen and oxygen atoms in total. The third-order valence-electron chi connectivity index (χ3n) is 4.57. The maximum Gasteiger partial charge on any atom is 0.417 e. The van der Waals surface area contributed by atoms with Crippen molar-refractivity contribution in [2.24, 2.45) is 5.73 Å². The molecule has 3 N–H and O–H groups in total. The van der Waals surface area contributed by atoms with Crippen molar-refractivity contribution in [1.29, 1.82) is 0 Å². The van der Waals surface area contributed by atoms with E-state index in [4.69, 9.17) is 5.73 Å². The molecule has 0 unspecified atom stereocenters. The van der Waals surface area contributed by atoms with E-state index in [0.29, 0.717) is 16.5 Å². The van der Waals surface area contributed by atoms with Gasteiger partial charge in [-0.2, -0.15) is 13.2 Å². The number of nitrogens with zero attached hydrogens (tertiary/aromatic N) is 1. The highest BCUT2D eigenvalue weighted by molar-refractivity contribution is 5.89. The zero-order valence-corrected chi connectivity index (χ0v) is 15.8. The van der Waals surface area contributed by atoms with Gasteiger partial charge >= 0.3 is 6.18 Å². The fourth-order valence-electron chi connectivity index (χ4n) is 3.42. The summed E-state index contributed by atoms with van der Waals surface area (Å²) in [6.45, 7) is 5.16. The molecule has 0 saturated heterocycles. The number of hydrogen-bond acceptors (Lipinski definition) is 2. The number of benzene rings is 2. The third kappa shape index (κ3) is 3.91. The van der Waals surface area contributed by atoms with E-state index in [9.17, 15) is 22.7 Å². The molecule has 3 rings (SSSR count). The number of nitrogens with two attached hydrogens (primary N) is 1. The summed E-state index contributed by atoms with van der Waals surface area (Å²) in [5, 5.41) is 10.7. The molecule has 1 atom stereocenters. The van der Waals surface area contributed by atoms with Gasteiger partial charge in [-0.15, -0.1) is 0 Å². The molecule has 0 saturated carbocycles. The van der Waals surface area contributed by atoms with Crippen molar-refractivity contribution in [3.8, 4) is 11.1 Å². The van der Waals surface area contributed by atoms with E-state index in [-0.39, 0.29) is 17.7 Å². The average molecular weight is 394 g/mol. The largest absolute Gasteiger partial charge is 0.417 e. The lowest BCUT2D eigenvalue weighted by Gasteiger charge is -2.19. The Morgan fingerprint density at radius 2 is 1.75 bits per heavy atom. The van der Waals surface area contributed by atoms with Crippen LogP contribution >= 0.6 is 0 Å². The first-order valence-corrected chi connectivity index (χ1v) is 8.85. The van der Waals surface area contributed by atoms with Gasteiger partial charge in [0, 0.05) is 28.7 Å². The van der Waals surface area contributed by atoms with Crippen LogP contribution in [-0.4, -0.2) is 15.3 Å². The van der Waals surface area contributed by atoms with Crippen LogP contribution in [0.5, 0.6) is 0 Å². The molecule has 1 aromatic heterocycles. The van der Waals surface area contributed by atoms with Crippen LogP contribution in [0.15, 0.2) is 42.6 Å². The van der Waals surface area contributed by atoms with Crippen molar-refractivity contribution in [1.82, 2.24) is 4.57 Å². The van der Waals surface area contributed by atoms with Crippen molar-refractivity contribution in [3.05, 3.63) is 59.5 Å². The van der Waals surface area contributed by atoms with Crippen LogP contribution in [0.2, 0.25) is 0 Å². The maximum atomic E-state index is 14.9. The van der Waals surface area contributed by atoms with Crippen LogP contribution in [0.4, 0.5) is 17.6 Å². The van der Waals surface area contributed by atoms with Crippen LogP contribution in [0, 0.1) is 5.82 Å². The van der Waals surface area contributed by atoms with Gasteiger partial charge in [-0.05, 0) is 50.1 Å². The standard InChI is InChI=1S/C21H22F4N2O/c1-12(26)16-10-27(11-20(2,3)28)19-9-14(18(22)8-15(16)19)13-6-4-5-7-17(13)21(23,24)25/h4-10,12,28H,11,26H2,1-3H3/t12-/m1/s1. The summed E-state index contributed by atoms with van der Waals surface area (Å²) in [5.74, 6) is -0.757. The van der Waals surface area contributed by atoms with Gasteiger partial charge < -0.3 is 15.4 Å². The Balaban J connectivity index is 2.30. The minimum atomic E-state index is -4.61. The normalized spacial score (nSPS) is 13.9. The predicted molar refractivity (Wildman–Crippen MR) is 101 cm³/mol. The minimum Gasteiger partial charge on any atom is -0.389 e. The Kier molecular flexibility index (Phi) is 5.02. The molecule has 7 heteroatoms. The van der Waals surface area contributed by atoms with Crippen molar-refractivity contribution < 1.29 is 22.7 Å². The van der Waals surface area contributed by atoms with Gasteiger partial charge in [-0.1, -0.05) is 18.2 Å². The quantitative estimate of drug-likeness (QED) is 0.594. The Morgan fingerprint density at radius 1 is 1.11 bits per heavy atom. The number of halogens is 4. The van der Waals surface area contributed by atoms with Gasteiger partial charge in [0.15, 0.2) is 0 Å². The zero-order chi connectivity index (χ0) is 20.9. The summed E-state index contributed by atoms with van der Waals surface area (Å²) < 4.78 is 56.8. The smallest absolute Gasteiger partial charge is 0.389 e. The summed E-state index contributed by atoms with van der Waals surface area (Å²) in [6, 6.07) is 7.11. The molecule has 0 aliphatic carbocycles. The van der Waals surface area contributed by atoms with Crippen molar-refractivity contribution in [2.45, 2.75) is 45.1 Å². The second-order valence-corrected chi connectivity index (χ2v) is 7.71. The Morgan fingerprint density at radius 3 is 2.32 bits per heavy atom. The van der Waals surface area contributed by atoms with Gasteiger partial charge in [0.1, 0.15) is 5.82 Å². The number of hydrogen-bond donors (Lipinski definition) is 2. The Labute approximate surface area is 160 Å². The van der Waals surface area contributed by atoms with Gasteiger partial charge in [-0.25, -0.2) is 4.39 Å². The number of alkyl halides is 3. The lowest BCUT2D eigenvalue weighted by atomic mass is 9.96. The van der Waals surface area contributed by atoms with E-state index >= 15 is 0 Å². The molecule has 150 valence electrons. The maximum absolute atomic E-state index is 14.9. The molecule has 28 heavy (non-hydrogen) atoms. The van der Waals surface area contributed by atoms with Crippen molar-refractivity contribution in [3.63, 3.8) is 0 Å². The summed E-state index contributed by atoms with van der Waals surface area (Å²) >= 11 is 0. The van der Waals surface area contributed by atoms with E-state index in [2.05, 4.69) is 0 Å². The molecule has 0 aliphatic rings. The molecule has 3 aromatic rings. The van der Waals surface area contributed by atoms with Gasteiger partial charge in [0.2, 0.25) is 0 Å². The summed E-state index contributed by atoms with van der Waals surface area (Å²) in [6.07, 6.45) is -2.89. The first-order valence-electron chi connectivity index (χ1n) is 8.85. The highest BCUT2D eigenvalue weighted by Crippen LogP contribution is 2.40. The zero-order valence-electron chi connectivity index (χ0n) is 15.8. The van der Waals surface area contributed by atoms with E-state index in [0.717, 1.165) is 6.07 Å². The minimum absolute atomic E-state index is 0.147. The SMILES string of the molecule is C[C@@H](N)c1cn(CC(C)(C)O)c2cc(-c3ccccc3C(F)(F)F)c(F)cc12. The lowest BCUT2D eigenvalue weighted by molar-refractivity contribution is -0.137. The highest BCUT2D eigenvalue weighted by atomic mass is 19.4. The van der Waals surface area contributed by atoms with Crippen molar-refractivity contribution in [2.75, 3.05) is 0 Å². The number of aromatic nitrogens is 1. The summed E-state index contributed by atoms with van der Waals surface area (Å²) in [4.78, 5) is 0. The Hall–Kier alpha value is -2.38. The summed E-state index contributed by atoms with van der Waals surface area (Å²) in [5.41, 5.74) is 4.82. The topological polar surface area (TPSA) is 51.2 Å². The van der Waals surface area contributed by atoms with E-state index in [1.807, 2.05) is 0 Å². The Bertz CT molecular complexity index is 1010. The van der Waals surface area contributed by atoms with Crippen LogP contribution in [0.25, 0.3) is 22.0 Å². The van der Waals surface area contributed by atoms with Crippen LogP contribution in [0.1, 0.15) is 37.9 Å². The third-order valence-corrected chi connectivity index (χ3v) is 4.57. The monoisotopic (exact) mass is 394 g/mol. The average Bonchev–Trinajstić information content (AvgIpc) is 2.89. The molecule has 1 heterocycles. The molecule has 0 amide bonds. The molecule has 0 bridgehead atoms. The summed E-state index contributed by atoms with van der Waals surface area (Å²) in [7, 11) is 0. The molecule has 0 aliphatic heterocycles. The van der Waals surface area contributed by atoms with E-state index in [1.165, 1.54) is 30.3 Å². The molecule has 0 spiro atoms. The van der Waals surface area contributed by atoms with Crippen molar-refractivity contribution >= 4 is 10.9 Å². The number of fused-ring (bicyclic) bond motifs is 1. The second kappa shape index (κ2) is 6.90. The van der Waals surface area contributed by atoms with Crippen LogP contribution < -0.4 is 5.73 Å². The van der Waals surface area contributed by atoms with Crippen LogP contribution in [-0.2, 0) is 12.7 Å². The lowest BCUT2D eigenvalue weighted by Crippen LogP contribution is -2.25. The fourth-order valence-corrected chi connectivity index (χ4v) is 3.42. The predicted octanol–water partition coefficient (Wildman–Crippen LogP) is 5.26. The highest BCUT2D eigenvalue weighted by Gasteiger charge is 2.34. The van der Waals surface area contributed by atoms with Gasteiger partial charge in [0.05, 0.1) is 17.7 Å². The molecule has 0 radical (unpaired) electrons. The molecular weight excluding hydrogens is 372 g/mol. The first kappa shape index (κ1) is 20.4. The van der Waals surface area contributed by atoms with E-state index < -0.39 is 29.2 Å². The molecule has 0 fully saturated rings. The molecular formula is C21H22F4N2O. The van der Waals surface area contributed by atoms with Gasteiger partial charge in [-0.3, -0.25) is 0 Å². The number of rotatable bonds is 4. The van der Waals surface area contributed by atoms with E-state index in [1.54, 1.807) is 31.5 Å². The van der Waals surface area contributed by atoms with Gasteiger partial charge in [0.25, 0.3) is 0 Å². The second-order valence-electron chi connectivity index (χ2n) is 7.71. The number of aliphatic hydroxyl groups is 1. The molecule has 2 aromatic carbocycles. The first-order chi connectivity index (χ1) is 12.9. The fraction of sp³-hybridized carbons (Fsp3) is 0.333.